The van der Waals surface area contributed by atoms with Crippen LogP contribution >= 0.6 is 15.9 Å². The third kappa shape index (κ3) is 3.15. The molecule has 2 rings (SSSR count). The van der Waals surface area contributed by atoms with Crippen molar-refractivity contribution in [2.45, 2.75) is 33.2 Å². The summed E-state index contributed by atoms with van der Waals surface area (Å²) in [6, 6.07) is 6.07. The van der Waals surface area contributed by atoms with Crippen LogP contribution in [0.3, 0.4) is 0 Å². The molecule has 0 spiro atoms. The largest absolute Gasteiger partial charge is 0.294 e. The van der Waals surface area contributed by atoms with E-state index in [0.717, 1.165) is 24.4 Å². The van der Waals surface area contributed by atoms with Gasteiger partial charge in [-0.15, -0.1) is 0 Å². The van der Waals surface area contributed by atoms with Crippen molar-refractivity contribution < 1.29 is 9.18 Å². The van der Waals surface area contributed by atoms with Crippen molar-refractivity contribution in [3.8, 4) is 0 Å². The van der Waals surface area contributed by atoms with Crippen molar-refractivity contribution in [2.75, 3.05) is 0 Å². The zero-order valence-corrected chi connectivity index (χ0v) is 13.1. The maximum absolute atomic E-state index is 13.1. The zero-order valence-electron chi connectivity index (χ0n) is 11.5. The van der Waals surface area contributed by atoms with Crippen LogP contribution in [0.1, 0.15) is 35.6 Å². The molecule has 0 saturated carbocycles. The van der Waals surface area contributed by atoms with E-state index >= 15 is 0 Å². The second kappa shape index (κ2) is 6.31. The highest BCUT2D eigenvalue weighted by atomic mass is 79.9. The lowest BCUT2D eigenvalue weighted by Gasteiger charge is -2.06. The van der Waals surface area contributed by atoms with Gasteiger partial charge in [0.2, 0.25) is 0 Å². The molecule has 0 aliphatic carbocycles. The Morgan fingerprint density at radius 2 is 2.10 bits per heavy atom. The van der Waals surface area contributed by atoms with Gasteiger partial charge in [0.15, 0.2) is 5.78 Å². The lowest BCUT2D eigenvalue weighted by molar-refractivity contribution is 0.0989. The van der Waals surface area contributed by atoms with Crippen LogP contribution in [0.25, 0.3) is 0 Å². The highest BCUT2D eigenvalue weighted by molar-refractivity contribution is 9.10. The fourth-order valence-electron chi connectivity index (χ4n) is 2.08. The number of halogens is 2. The third-order valence-corrected chi connectivity index (χ3v) is 3.80. The minimum absolute atomic E-state index is 0.0471. The fourth-order valence-corrected chi connectivity index (χ4v) is 2.65. The Bertz CT molecular complexity index is 637. The van der Waals surface area contributed by atoms with Crippen molar-refractivity contribution in [2.24, 2.45) is 0 Å². The monoisotopic (exact) mass is 338 g/mol. The second-order valence-electron chi connectivity index (χ2n) is 4.52. The number of carbonyl (C=O) groups excluding carboxylic acids is 1. The van der Waals surface area contributed by atoms with Gasteiger partial charge in [-0.3, -0.25) is 9.48 Å². The summed E-state index contributed by atoms with van der Waals surface area (Å²) in [5.41, 5.74) is 2.37. The van der Waals surface area contributed by atoms with Crippen LogP contribution in [-0.4, -0.2) is 15.6 Å². The lowest BCUT2D eigenvalue weighted by atomic mass is 10.1. The fraction of sp³-hybridized carbons (Fsp3) is 0.333. The van der Waals surface area contributed by atoms with Crippen LogP contribution in [0.5, 0.6) is 0 Å². The van der Waals surface area contributed by atoms with Crippen molar-refractivity contribution in [1.29, 1.82) is 0 Å². The van der Waals surface area contributed by atoms with E-state index in [4.69, 9.17) is 0 Å². The molecule has 1 heterocycles. The van der Waals surface area contributed by atoms with Gasteiger partial charge in [0.1, 0.15) is 5.82 Å². The number of aromatic nitrogens is 2. The summed E-state index contributed by atoms with van der Waals surface area (Å²) in [6.45, 7) is 4.76. The van der Waals surface area contributed by atoms with Crippen LogP contribution in [0.2, 0.25) is 0 Å². The predicted octanol–water partition coefficient (Wildman–Crippen LogP) is 3.79. The Kier molecular flexibility index (Phi) is 4.70. The summed E-state index contributed by atoms with van der Waals surface area (Å²) in [5, 5.41) is 4.42. The van der Waals surface area contributed by atoms with Gasteiger partial charge in [0, 0.05) is 22.3 Å². The van der Waals surface area contributed by atoms with Gasteiger partial charge >= 0.3 is 0 Å². The second-order valence-corrected chi connectivity index (χ2v) is 5.37. The number of carbonyl (C=O) groups is 1. The molecule has 1 aromatic carbocycles. The van der Waals surface area contributed by atoms with E-state index in [-0.39, 0.29) is 18.0 Å². The van der Waals surface area contributed by atoms with Crippen LogP contribution in [0.4, 0.5) is 4.39 Å². The molecule has 0 atom stereocenters. The smallest absolute Gasteiger partial charge is 0.169 e. The van der Waals surface area contributed by atoms with Crippen LogP contribution < -0.4 is 0 Å². The van der Waals surface area contributed by atoms with Gasteiger partial charge in [-0.25, -0.2) is 4.39 Å². The number of benzene rings is 1. The van der Waals surface area contributed by atoms with Crippen molar-refractivity contribution in [3.05, 3.63) is 51.5 Å². The SMILES string of the molecule is CCc1cc(CC(=O)c2ccc(F)cc2Br)n(CC)n1. The number of nitrogens with zero attached hydrogens (tertiary/aromatic N) is 2. The van der Waals surface area contributed by atoms with Crippen LogP contribution in [0.15, 0.2) is 28.7 Å². The molecule has 1 aromatic heterocycles. The molecule has 0 amide bonds. The van der Waals surface area contributed by atoms with Gasteiger partial charge in [0.05, 0.1) is 12.1 Å². The topological polar surface area (TPSA) is 34.9 Å². The van der Waals surface area contributed by atoms with Crippen LogP contribution in [0, 0.1) is 5.82 Å². The maximum Gasteiger partial charge on any atom is 0.169 e. The molecule has 5 heteroatoms. The number of ketones is 1. The van der Waals surface area contributed by atoms with Gasteiger partial charge in [-0.05, 0) is 53.5 Å². The van der Waals surface area contributed by atoms with Crippen molar-refractivity contribution in [1.82, 2.24) is 9.78 Å². The highest BCUT2D eigenvalue weighted by Crippen LogP contribution is 2.20. The summed E-state index contributed by atoms with van der Waals surface area (Å²) < 4.78 is 15.4. The quantitative estimate of drug-likeness (QED) is 0.777. The third-order valence-electron chi connectivity index (χ3n) is 3.15. The Morgan fingerprint density at radius 3 is 2.70 bits per heavy atom. The van der Waals surface area contributed by atoms with Gasteiger partial charge < -0.3 is 0 Å². The Balaban J connectivity index is 2.25. The molecule has 0 radical (unpaired) electrons. The van der Waals surface area contributed by atoms with E-state index in [1.165, 1.54) is 18.2 Å². The molecule has 106 valence electrons. The Morgan fingerprint density at radius 1 is 1.35 bits per heavy atom. The summed E-state index contributed by atoms with van der Waals surface area (Å²) >= 11 is 3.23. The van der Waals surface area contributed by atoms with E-state index < -0.39 is 0 Å². The number of Topliss-reactive ketones (excluding diaryl/α,β-unsaturated/α-hetero) is 1. The molecule has 3 nitrogen and oxygen atoms in total. The molecular weight excluding hydrogens is 323 g/mol. The summed E-state index contributed by atoms with van der Waals surface area (Å²) in [7, 11) is 0. The van der Waals surface area contributed by atoms with Crippen LogP contribution in [-0.2, 0) is 19.4 Å². The Hall–Kier alpha value is -1.49. The first kappa shape index (κ1) is 14.9. The molecule has 0 fully saturated rings. The minimum atomic E-state index is -0.361. The first-order valence-corrected chi connectivity index (χ1v) is 7.38. The lowest BCUT2D eigenvalue weighted by Crippen LogP contribution is -2.10. The van der Waals surface area contributed by atoms with Gasteiger partial charge in [0.25, 0.3) is 0 Å². The number of rotatable bonds is 5. The molecular formula is C15H16BrFN2O. The summed E-state index contributed by atoms with van der Waals surface area (Å²) in [4.78, 5) is 12.3. The molecule has 0 saturated heterocycles. The predicted molar refractivity (Wildman–Crippen MR) is 79.4 cm³/mol. The molecule has 0 N–H and O–H groups in total. The van der Waals surface area contributed by atoms with E-state index in [2.05, 4.69) is 21.0 Å². The number of hydrogen-bond donors (Lipinski definition) is 0. The molecule has 2 aromatic rings. The average molecular weight is 339 g/mol. The summed E-state index contributed by atoms with van der Waals surface area (Å²) in [5.74, 6) is -0.408. The summed E-state index contributed by atoms with van der Waals surface area (Å²) in [6.07, 6.45) is 1.11. The molecule has 20 heavy (non-hydrogen) atoms. The number of aryl methyl sites for hydroxylation is 2. The number of hydrogen-bond acceptors (Lipinski definition) is 2. The van der Waals surface area contributed by atoms with E-state index in [1.54, 1.807) is 0 Å². The highest BCUT2D eigenvalue weighted by Gasteiger charge is 2.15. The molecule has 0 unspecified atom stereocenters. The molecule has 0 aliphatic rings. The van der Waals surface area contributed by atoms with Gasteiger partial charge in [-0.1, -0.05) is 6.92 Å². The maximum atomic E-state index is 13.1. The normalized spacial score (nSPS) is 10.8. The van der Waals surface area contributed by atoms with Gasteiger partial charge in [-0.2, -0.15) is 5.10 Å². The van der Waals surface area contributed by atoms with E-state index in [0.29, 0.717) is 10.0 Å². The van der Waals surface area contributed by atoms with Crippen molar-refractivity contribution in [3.63, 3.8) is 0 Å². The van der Waals surface area contributed by atoms with Crippen molar-refractivity contribution >= 4 is 21.7 Å². The Labute approximate surface area is 125 Å². The molecule has 0 aliphatic heterocycles. The zero-order chi connectivity index (χ0) is 14.7. The standard InChI is InChI=1S/C15H16BrFN2O/c1-3-11-8-12(19(4-2)18-11)9-15(20)13-6-5-10(17)7-14(13)16/h5-8H,3-4,9H2,1-2H3. The molecule has 0 bridgehead atoms. The van der Waals surface area contributed by atoms with E-state index in [9.17, 15) is 9.18 Å². The minimum Gasteiger partial charge on any atom is -0.294 e. The first-order valence-electron chi connectivity index (χ1n) is 6.59. The average Bonchev–Trinajstić information content (AvgIpc) is 2.80. The first-order chi connectivity index (χ1) is 9.55. The van der Waals surface area contributed by atoms with E-state index in [1.807, 2.05) is 24.6 Å².